The summed E-state index contributed by atoms with van der Waals surface area (Å²) in [6, 6.07) is 15.8. The van der Waals surface area contributed by atoms with Crippen molar-refractivity contribution in [3.05, 3.63) is 60.4 Å². The van der Waals surface area contributed by atoms with Crippen molar-refractivity contribution in [2.75, 3.05) is 5.75 Å². The normalized spacial score (nSPS) is 10.6. The maximum Gasteiger partial charge on any atom is 0.214 e. The van der Waals surface area contributed by atoms with Crippen molar-refractivity contribution in [3.63, 3.8) is 0 Å². The molecule has 0 saturated carbocycles. The van der Waals surface area contributed by atoms with Crippen molar-refractivity contribution in [3.8, 4) is 5.69 Å². The number of tetrazole rings is 1. The Kier molecular flexibility index (Phi) is 4.03. The molecular weight excluding hydrogens is 270 g/mol. The lowest BCUT2D eigenvalue weighted by molar-refractivity contribution is 0.756. The lowest BCUT2D eigenvalue weighted by Crippen LogP contribution is -2.00. The van der Waals surface area contributed by atoms with Crippen LogP contribution in [0, 0.1) is 0 Å². The van der Waals surface area contributed by atoms with Crippen LogP contribution in [0.4, 0.5) is 0 Å². The van der Waals surface area contributed by atoms with E-state index in [1.165, 1.54) is 0 Å². The van der Waals surface area contributed by atoms with E-state index in [0.29, 0.717) is 0 Å². The van der Waals surface area contributed by atoms with Crippen molar-refractivity contribution in [2.24, 2.45) is 0 Å². The van der Waals surface area contributed by atoms with Gasteiger partial charge in [-0.2, -0.15) is 4.68 Å². The highest BCUT2D eigenvalue weighted by atomic mass is 32.2. The first-order valence-electron chi connectivity index (χ1n) is 6.30. The van der Waals surface area contributed by atoms with E-state index in [1.54, 1.807) is 16.4 Å². The second kappa shape index (κ2) is 6.29. The van der Waals surface area contributed by atoms with E-state index >= 15 is 0 Å². The van der Waals surface area contributed by atoms with Crippen LogP contribution in [-0.2, 0) is 6.42 Å². The minimum absolute atomic E-state index is 0.798. The molecule has 0 aliphatic rings. The molecule has 1 aromatic carbocycles. The number of benzene rings is 1. The second-order valence-electron chi connectivity index (χ2n) is 4.13. The molecule has 3 aromatic rings. The van der Waals surface area contributed by atoms with Gasteiger partial charge in [-0.15, -0.1) is 5.10 Å². The standard InChI is InChI=1S/C14H13N5S/c1-2-7-13(8-3-1)19-14(16-17-18-19)20-11-9-12-6-4-5-10-15-12/h1-8,10H,9,11H2. The van der Waals surface area contributed by atoms with E-state index in [9.17, 15) is 0 Å². The van der Waals surface area contributed by atoms with E-state index in [2.05, 4.69) is 20.5 Å². The molecule has 0 bridgehead atoms. The molecule has 20 heavy (non-hydrogen) atoms. The fourth-order valence-corrected chi connectivity index (χ4v) is 2.65. The van der Waals surface area contributed by atoms with Gasteiger partial charge in [0.25, 0.3) is 0 Å². The lowest BCUT2D eigenvalue weighted by Gasteiger charge is -2.03. The summed E-state index contributed by atoms with van der Waals surface area (Å²) in [6.45, 7) is 0. The summed E-state index contributed by atoms with van der Waals surface area (Å²) in [4.78, 5) is 4.31. The number of para-hydroxylation sites is 1. The number of hydrogen-bond donors (Lipinski definition) is 0. The summed E-state index contributed by atoms with van der Waals surface area (Å²) < 4.78 is 1.75. The molecule has 2 heterocycles. The smallest absolute Gasteiger partial charge is 0.214 e. The molecule has 6 heteroatoms. The molecule has 0 amide bonds. The molecule has 0 aliphatic carbocycles. The second-order valence-corrected chi connectivity index (χ2v) is 5.19. The molecule has 0 aliphatic heterocycles. The van der Waals surface area contributed by atoms with Crippen molar-refractivity contribution < 1.29 is 0 Å². The van der Waals surface area contributed by atoms with E-state index in [0.717, 1.165) is 28.7 Å². The molecule has 0 saturated heterocycles. The summed E-state index contributed by atoms with van der Waals surface area (Å²) in [7, 11) is 0. The average Bonchev–Trinajstić information content (AvgIpc) is 2.98. The van der Waals surface area contributed by atoms with Gasteiger partial charge in [0.15, 0.2) is 0 Å². The predicted octanol–water partition coefficient (Wildman–Crippen LogP) is 2.39. The van der Waals surface area contributed by atoms with E-state index in [-0.39, 0.29) is 0 Å². The molecule has 0 spiro atoms. The zero-order valence-corrected chi connectivity index (χ0v) is 11.6. The fourth-order valence-electron chi connectivity index (χ4n) is 1.79. The third-order valence-electron chi connectivity index (χ3n) is 2.76. The van der Waals surface area contributed by atoms with E-state index < -0.39 is 0 Å². The number of thioether (sulfide) groups is 1. The van der Waals surface area contributed by atoms with Gasteiger partial charge in [-0.1, -0.05) is 36.0 Å². The van der Waals surface area contributed by atoms with Gasteiger partial charge in [0.2, 0.25) is 5.16 Å². The van der Waals surface area contributed by atoms with Gasteiger partial charge >= 0.3 is 0 Å². The third kappa shape index (κ3) is 3.03. The first kappa shape index (κ1) is 12.8. The van der Waals surface area contributed by atoms with Gasteiger partial charge in [0.05, 0.1) is 5.69 Å². The summed E-state index contributed by atoms with van der Waals surface area (Å²) in [6.07, 6.45) is 2.71. The Morgan fingerprint density at radius 3 is 2.65 bits per heavy atom. The Hall–Kier alpha value is -2.21. The van der Waals surface area contributed by atoms with Crippen LogP contribution in [0.15, 0.2) is 59.9 Å². The molecule has 2 aromatic heterocycles. The predicted molar refractivity (Wildman–Crippen MR) is 77.8 cm³/mol. The van der Waals surface area contributed by atoms with Crippen LogP contribution in [0.25, 0.3) is 5.69 Å². The molecule has 0 N–H and O–H groups in total. The maximum atomic E-state index is 4.31. The molecule has 100 valence electrons. The molecule has 0 radical (unpaired) electrons. The van der Waals surface area contributed by atoms with Crippen LogP contribution < -0.4 is 0 Å². The van der Waals surface area contributed by atoms with E-state index in [4.69, 9.17) is 0 Å². The number of rotatable bonds is 5. The zero-order valence-electron chi connectivity index (χ0n) is 10.8. The summed E-state index contributed by atoms with van der Waals surface area (Å²) in [5.41, 5.74) is 2.05. The molecule has 5 nitrogen and oxygen atoms in total. The highest BCUT2D eigenvalue weighted by Crippen LogP contribution is 2.18. The highest BCUT2D eigenvalue weighted by Gasteiger charge is 2.08. The van der Waals surface area contributed by atoms with Gasteiger partial charge in [-0.3, -0.25) is 4.98 Å². The van der Waals surface area contributed by atoms with Gasteiger partial charge in [-0.05, 0) is 41.1 Å². The average molecular weight is 283 g/mol. The van der Waals surface area contributed by atoms with Crippen molar-refractivity contribution in [1.29, 1.82) is 0 Å². The Labute approximate surface area is 121 Å². The van der Waals surface area contributed by atoms with Crippen LogP contribution in [-0.4, -0.2) is 30.9 Å². The quantitative estimate of drug-likeness (QED) is 0.673. The Bertz CT molecular complexity index is 654. The third-order valence-corrected chi connectivity index (χ3v) is 3.68. The number of aromatic nitrogens is 5. The molecule has 0 fully saturated rings. The monoisotopic (exact) mass is 283 g/mol. The van der Waals surface area contributed by atoms with Crippen molar-refractivity contribution in [1.82, 2.24) is 25.2 Å². The van der Waals surface area contributed by atoms with Gasteiger partial charge in [0, 0.05) is 17.6 Å². The maximum absolute atomic E-state index is 4.31. The number of hydrogen-bond acceptors (Lipinski definition) is 5. The summed E-state index contributed by atoms with van der Waals surface area (Å²) >= 11 is 1.63. The molecule has 0 atom stereocenters. The number of nitrogens with zero attached hydrogens (tertiary/aromatic N) is 5. The van der Waals surface area contributed by atoms with Crippen LogP contribution in [0.1, 0.15) is 5.69 Å². The van der Waals surface area contributed by atoms with Crippen LogP contribution in [0.2, 0.25) is 0 Å². The molecule has 0 unspecified atom stereocenters. The highest BCUT2D eigenvalue weighted by molar-refractivity contribution is 7.99. The van der Waals surface area contributed by atoms with Gasteiger partial charge in [0.1, 0.15) is 0 Å². The van der Waals surface area contributed by atoms with Crippen LogP contribution in [0.3, 0.4) is 0 Å². The molecule has 3 rings (SSSR count). The Morgan fingerprint density at radius 2 is 1.85 bits per heavy atom. The Balaban J connectivity index is 1.66. The molecular formula is C14H13N5S. The largest absolute Gasteiger partial charge is 0.261 e. The van der Waals surface area contributed by atoms with Crippen LogP contribution in [0.5, 0.6) is 0 Å². The topological polar surface area (TPSA) is 56.5 Å². The SMILES string of the molecule is c1ccc(-n2nnnc2SCCc2ccccn2)cc1. The van der Waals surface area contributed by atoms with Crippen molar-refractivity contribution >= 4 is 11.8 Å². The van der Waals surface area contributed by atoms with E-state index in [1.807, 2.05) is 54.7 Å². The summed E-state index contributed by atoms with van der Waals surface area (Å²) in [5, 5.41) is 12.6. The first-order chi connectivity index (χ1) is 9.93. The minimum atomic E-state index is 0.798. The zero-order chi connectivity index (χ0) is 13.6. The fraction of sp³-hybridized carbons (Fsp3) is 0.143. The lowest BCUT2D eigenvalue weighted by atomic mass is 10.3. The van der Waals surface area contributed by atoms with Gasteiger partial charge in [-0.25, -0.2) is 0 Å². The Morgan fingerprint density at radius 1 is 1.00 bits per heavy atom. The van der Waals surface area contributed by atoms with Crippen LogP contribution >= 0.6 is 11.8 Å². The summed E-state index contributed by atoms with van der Waals surface area (Å²) in [5.74, 6) is 0.893. The number of pyridine rings is 1. The minimum Gasteiger partial charge on any atom is -0.261 e. The van der Waals surface area contributed by atoms with Gasteiger partial charge < -0.3 is 0 Å². The first-order valence-corrected chi connectivity index (χ1v) is 7.28. The van der Waals surface area contributed by atoms with Crippen molar-refractivity contribution in [2.45, 2.75) is 11.6 Å². The number of aryl methyl sites for hydroxylation is 1.